The van der Waals surface area contributed by atoms with Crippen molar-refractivity contribution in [1.29, 1.82) is 0 Å². The SMILES string of the molecule is Cn1c(CC(=O)O)cnc1C(C)(C)C. The van der Waals surface area contributed by atoms with Gasteiger partial charge in [-0.2, -0.15) is 0 Å². The van der Waals surface area contributed by atoms with E-state index in [0.717, 1.165) is 11.5 Å². The summed E-state index contributed by atoms with van der Waals surface area (Å²) in [5.74, 6) is 0.0854. The van der Waals surface area contributed by atoms with Crippen LogP contribution in [0.5, 0.6) is 0 Å². The molecule has 1 heterocycles. The number of carboxylic acid groups (broad SMARTS) is 1. The largest absolute Gasteiger partial charge is 0.481 e. The van der Waals surface area contributed by atoms with Crippen LogP contribution in [0.4, 0.5) is 0 Å². The highest BCUT2D eigenvalue weighted by molar-refractivity contribution is 5.69. The zero-order valence-corrected chi connectivity index (χ0v) is 9.03. The summed E-state index contributed by atoms with van der Waals surface area (Å²) in [5.41, 5.74) is 0.688. The molecular weight excluding hydrogens is 180 g/mol. The van der Waals surface area contributed by atoms with Gasteiger partial charge in [-0.25, -0.2) is 4.98 Å². The molecule has 0 aromatic carbocycles. The van der Waals surface area contributed by atoms with Crippen molar-refractivity contribution in [2.45, 2.75) is 32.6 Å². The van der Waals surface area contributed by atoms with Gasteiger partial charge in [0, 0.05) is 24.4 Å². The summed E-state index contributed by atoms with van der Waals surface area (Å²) >= 11 is 0. The van der Waals surface area contributed by atoms with Gasteiger partial charge in [0.25, 0.3) is 0 Å². The predicted molar refractivity (Wildman–Crippen MR) is 53.2 cm³/mol. The Balaban J connectivity index is 3.03. The van der Waals surface area contributed by atoms with Gasteiger partial charge in [0.05, 0.1) is 6.42 Å². The van der Waals surface area contributed by atoms with Gasteiger partial charge in [0.1, 0.15) is 5.82 Å². The Kier molecular flexibility index (Phi) is 2.64. The first-order valence-electron chi connectivity index (χ1n) is 4.55. The van der Waals surface area contributed by atoms with Crippen molar-refractivity contribution in [2.24, 2.45) is 7.05 Å². The molecule has 0 saturated heterocycles. The summed E-state index contributed by atoms with van der Waals surface area (Å²) in [6.07, 6.45) is 1.66. The van der Waals surface area contributed by atoms with Crippen molar-refractivity contribution in [3.8, 4) is 0 Å². The van der Waals surface area contributed by atoms with Crippen LogP contribution in [-0.2, 0) is 23.7 Å². The second-order valence-electron chi connectivity index (χ2n) is 4.45. The second-order valence-corrected chi connectivity index (χ2v) is 4.45. The molecule has 1 N–H and O–H groups in total. The van der Waals surface area contributed by atoms with Gasteiger partial charge in [-0.3, -0.25) is 4.79 Å². The Bertz CT molecular complexity index is 347. The zero-order valence-electron chi connectivity index (χ0n) is 9.03. The maximum Gasteiger partial charge on any atom is 0.309 e. The van der Waals surface area contributed by atoms with Crippen LogP contribution in [0.15, 0.2) is 6.20 Å². The van der Waals surface area contributed by atoms with Crippen LogP contribution in [0.3, 0.4) is 0 Å². The van der Waals surface area contributed by atoms with E-state index in [9.17, 15) is 4.79 Å². The Morgan fingerprint density at radius 3 is 2.50 bits per heavy atom. The van der Waals surface area contributed by atoms with Crippen LogP contribution in [0.1, 0.15) is 32.3 Å². The number of hydrogen-bond donors (Lipinski definition) is 1. The summed E-state index contributed by atoms with van der Waals surface area (Å²) in [6.45, 7) is 6.17. The Morgan fingerprint density at radius 1 is 1.57 bits per heavy atom. The highest BCUT2D eigenvalue weighted by atomic mass is 16.4. The van der Waals surface area contributed by atoms with Crippen molar-refractivity contribution < 1.29 is 9.90 Å². The minimum absolute atomic E-state index is 0.0274. The molecule has 0 aliphatic heterocycles. The van der Waals surface area contributed by atoms with Gasteiger partial charge in [-0.05, 0) is 0 Å². The molecule has 78 valence electrons. The average Bonchev–Trinajstić information content (AvgIpc) is 2.30. The van der Waals surface area contributed by atoms with Crippen molar-refractivity contribution in [3.63, 3.8) is 0 Å². The Hall–Kier alpha value is -1.32. The van der Waals surface area contributed by atoms with Crippen LogP contribution in [0, 0.1) is 0 Å². The third kappa shape index (κ3) is 2.13. The van der Waals surface area contributed by atoms with Crippen LogP contribution in [-0.4, -0.2) is 20.6 Å². The third-order valence-corrected chi connectivity index (χ3v) is 2.09. The molecule has 0 aliphatic carbocycles. The molecule has 4 nitrogen and oxygen atoms in total. The average molecular weight is 196 g/mol. The predicted octanol–water partition coefficient (Wildman–Crippen LogP) is 1.34. The number of hydrogen-bond acceptors (Lipinski definition) is 2. The lowest BCUT2D eigenvalue weighted by Crippen LogP contribution is -2.18. The van der Waals surface area contributed by atoms with E-state index in [1.54, 1.807) is 6.20 Å². The Morgan fingerprint density at radius 2 is 2.14 bits per heavy atom. The molecular formula is C10H16N2O2. The van der Waals surface area contributed by atoms with Crippen molar-refractivity contribution in [2.75, 3.05) is 0 Å². The van der Waals surface area contributed by atoms with Crippen LogP contribution in [0.2, 0.25) is 0 Å². The number of carboxylic acids is 1. The monoisotopic (exact) mass is 196 g/mol. The zero-order chi connectivity index (χ0) is 10.9. The molecule has 1 aromatic heterocycles. The van der Waals surface area contributed by atoms with E-state index in [1.807, 2.05) is 11.6 Å². The topological polar surface area (TPSA) is 55.1 Å². The van der Waals surface area contributed by atoms with E-state index < -0.39 is 5.97 Å². The Labute approximate surface area is 83.6 Å². The van der Waals surface area contributed by atoms with Gasteiger partial charge in [-0.1, -0.05) is 20.8 Å². The van der Waals surface area contributed by atoms with Gasteiger partial charge < -0.3 is 9.67 Å². The van der Waals surface area contributed by atoms with Crippen LogP contribution in [0.25, 0.3) is 0 Å². The van der Waals surface area contributed by atoms with Crippen molar-refractivity contribution >= 4 is 5.97 Å². The first-order valence-corrected chi connectivity index (χ1v) is 4.55. The number of carbonyl (C=O) groups is 1. The molecule has 0 atom stereocenters. The molecule has 0 bridgehead atoms. The summed E-state index contributed by atoms with van der Waals surface area (Å²) in [6, 6.07) is 0. The fourth-order valence-corrected chi connectivity index (χ4v) is 1.46. The van der Waals surface area contributed by atoms with Gasteiger partial charge >= 0.3 is 5.97 Å². The number of aromatic nitrogens is 2. The summed E-state index contributed by atoms with van der Waals surface area (Å²) in [4.78, 5) is 14.8. The molecule has 1 rings (SSSR count). The highest BCUT2D eigenvalue weighted by Gasteiger charge is 2.21. The minimum Gasteiger partial charge on any atom is -0.481 e. The van der Waals surface area contributed by atoms with Crippen LogP contribution < -0.4 is 0 Å². The van der Waals surface area contributed by atoms with E-state index in [0.29, 0.717) is 0 Å². The number of nitrogens with zero attached hydrogens (tertiary/aromatic N) is 2. The second kappa shape index (κ2) is 3.44. The normalized spacial score (nSPS) is 11.7. The fraction of sp³-hybridized carbons (Fsp3) is 0.600. The first-order chi connectivity index (χ1) is 6.32. The first kappa shape index (κ1) is 10.8. The van der Waals surface area contributed by atoms with E-state index >= 15 is 0 Å². The van der Waals surface area contributed by atoms with Crippen molar-refractivity contribution in [1.82, 2.24) is 9.55 Å². The van der Waals surface area contributed by atoms with Crippen LogP contribution >= 0.6 is 0 Å². The molecule has 4 heteroatoms. The molecule has 0 amide bonds. The standard InChI is InChI=1S/C10H16N2O2/c1-10(2,3)9-11-6-7(12(9)4)5-8(13)14/h6H,5H2,1-4H3,(H,13,14). The maximum absolute atomic E-state index is 10.5. The van der Waals surface area contributed by atoms with E-state index in [1.165, 1.54) is 0 Å². The summed E-state index contributed by atoms with van der Waals surface area (Å²) in [5, 5.41) is 8.66. The molecule has 0 unspecified atom stereocenters. The van der Waals surface area contributed by atoms with E-state index in [-0.39, 0.29) is 11.8 Å². The molecule has 1 aromatic rings. The molecule has 0 spiro atoms. The molecule has 0 fully saturated rings. The molecule has 14 heavy (non-hydrogen) atoms. The smallest absolute Gasteiger partial charge is 0.309 e. The molecule has 0 saturated carbocycles. The molecule has 0 radical (unpaired) electrons. The third-order valence-electron chi connectivity index (χ3n) is 2.09. The van der Waals surface area contributed by atoms with Gasteiger partial charge in [0.15, 0.2) is 0 Å². The number of imidazole rings is 1. The molecule has 0 aliphatic rings. The number of aliphatic carboxylic acids is 1. The highest BCUT2D eigenvalue weighted by Crippen LogP contribution is 2.21. The fourth-order valence-electron chi connectivity index (χ4n) is 1.46. The van der Waals surface area contributed by atoms with E-state index in [2.05, 4.69) is 25.8 Å². The maximum atomic E-state index is 10.5. The lowest BCUT2D eigenvalue weighted by molar-refractivity contribution is -0.136. The summed E-state index contributed by atoms with van der Waals surface area (Å²) in [7, 11) is 1.85. The van der Waals surface area contributed by atoms with Gasteiger partial charge in [-0.15, -0.1) is 0 Å². The quantitative estimate of drug-likeness (QED) is 0.776. The lowest BCUT2D eigenvalue weighted by Gasteiger charge is -2.18. The lowest BCUT2D eigenvalue weighted by atomic mass is 9.96. The van der Waals surface area contributed by atoms with Gasteiger partial charge in [0.2, 0.25) is 0 Å². The number of rotatable bonds is 2. The van der Waals surface area contributed by atoms with E-state index in [4.69, 9.17) is 5.11 Å². The van der Waals surface area contributed by atoms with Crippen molar-refractivity contribution in [3.05, 3.63) is 17.7 Å². The minimum atomic E-state index is -0.826. The summed E-state index contributed by atoms with van der Waals surface area (Å²) < 4.78 is 1.86.